The van der Waals surface area contributed by atoms with Gasteiger partial charge in [-0.05, 0) is 56.4 Å². The van der Waals surface area contributed by atoms with Crippen molar-refractivity contribution in [2.45, 2.75) is 72.0 Å². The van der Waals surface area contributed by atoms with E-state index in [-0.39, 0.29) is 24.2 Å². The van der Waals surface area contributed by atoms with E-state index in [1.54, 1.807) is 4.90 Å². The van der Waals surface area contributed by atoms with Gasteiger partial charge in [0.2, 0.25) is 0 Å². The van der Waals surface area contributed by atoms with E-state index >= 15 is 0 Å². The number of carbonyl (C=O) groups excluding carboxylic acids is 1. The van der Waals surface area contributed by atoms with Gasteiger partial charge < -0.3 is 15.2 Å². The van der Waals surface area contributed by atoms with Crippen LogP contribution in [0.2, 0.25) is 0 Å². The van der Waals surface area contributed by atoms with Crippen molar-refractivity contribution in [2.24, 2.45) is 0 Å². The summed E-state index contributed by atoms with van der Waals surface area (Å²) >= 11 is 0. The molecule has 1 aromatic heterocycles. The lowest BCUT2D eigenvalue weighted by molar-refractivity contribution is 0.184. The van der Waals surface area contributed by atoms with Crippen LogP contribution in [0, 0.1) is 20.8 Å². The van der Waals surface area contributed by atoms with E-state index in [0.717, 1.165) is 53.3 Å². The molecule has 5 heteroatoms. The minimum absolute atomic E-state index is 0.0991. The zero-order chi connectivity index (χ0) is 22.7. The number of hydrogen-bond acceptors (Lipinski definition) is 2. The number of benzene rings is 2. The zero-order valence-electron chi connectivity index (χ0n) is 19.3. The summed E-state index contributed by atoms with van der Waals surface area (Å²) in [6.45, 7) is 6.83. The maximum atomic E-state index is 13.3. The molecule has 0 radical (unpaired) electrons. The molecule has 0 saturated heterocycles. The smallest absolute Gasteiger partial charge is 0.318 e. The summed E-state index contributed by atoms with van der Waals surface area (Å²) in [5.74, 6) is 0. The normalized spacial score (nSPS) is 14.5. The first-order chi connectivity index (χ1) is 15.4. The second kappa shape index (κ2) is 9.60. The Morgan fingerprint density at radius 2 is 1.66 bits per heavy atom. The quantitative estimate of drug-likeness (QED) is 0.560. The molecule has 5 nitrogen and oxygen atoms in total. The molecule has 2 aromatic carbocycles. The Morgan fingerprint density at radius 3 is 2.38 bits per heavy atom. The van der Waals surface area contributed by atoms with Crippen LogP contribution in [0.5, 0.6) is 0 Å². The van der Waals surface area contributed by atoms with Crippen LogP contribution in [0.25, 0.3) is 10.9 Å². The minimum Gasteiger partial charge on any atom is -0.335 e. The Balaban J connectivity index is 1.63. The van der Waals surface area contributed by atoms with Crippen LogP contribution in [-0.4, -0.2) is 22.0 Å². The first-order valence-corrected chi connectivity index (χ1v) is 11.6. The van der Waals surface area contributed by atoms with Crippen molar-refractivity contribution in [3.8, 4) is 0 Å². The van der Waals surface area contributed by atoms with E-state index in [0.29, 0.717) is 12.1 Å². The molecule has 0 aliphatic heterocycles. The van der Waals surface area contributed by atoms with Crippen molar-refractivity contribution >= 4 is 16.9 Å². The predicted octanol–water partition coefficient (Wildman–Crippen LogP) is 5.50. The molecule has 0 bridgehead atoms. The van der Waals surface area contributed by atoms with E-state index in [4.69, 9.17) is 0 Å². The van der Waals surface area contributed by atoms with Gasteiger partial charge in [-0.2, -0.15) is 0 Å². The molecule has 1 heterocycles. The second-order valence-electron chi connectivity index (χ2n) is 9.24. The Kier molecular flexibility index (Phi) is 6.63. The number of rotatable bonds is 5. The van der Waals surface area contributed by atoms with E-state index < -0.39 is 0 Å². The van der Waals surface area contributed by atoms with Gasteiger partial charge in [-0.1, -0.05) is 61.2 Å². The number of fused-ring (bicyclic) bond motifs is 1. The minimum atomic E-state index is -0.134. The fraction of sp³-hybridized carbons (Fsp3) is 0.407. The van der Waals surface area contributed by atoms with Gasteiger partial charge in [-0.3, -0.25) is 4.79 Å². The molecule has 2 N–H and O–H groups in total. The van der Waals surface area contributed by atoms with Crippen LogP contribution in [0.4, 0.5) is 4.79 Å². The van der Waals surface area contributed by atoms with Crippen molar-refractivity contribution in [2.75, 3.05) is 0 Å². The molecule has 4 rings (SSSR count). The molecule has 1 saturated carbocycles. The number of nitrogens with one attached hydrogen (secondary N) is 2. The zero-order valence-corrected chi connectivity index (χ0v) is 19.3. The van der Waals surface area contributed by atoms with Crippen molar-refractivity contribution in [3.63, 3.8) is 0 Å². The fourth-order valence-electron chi connectivity index (χ4n) is 4.57. The number of nitrogens with zero attached hydrogens (tertiary/aromatic N) is 1. The number of amides is 2. The molecule has 1 aliphatic carbocycles. The number of aromatic amines is 1. The Morgan fingerprint density at radius 1 is 0.969 bits per heavy atom. The summed E-state index contributed by atoms with van der Waals surface area (Å²) in [5, 5.41) is 4.25. The molecule has 0 atom stereocenters. The van der Waals surface area contributed by atoms with Crippen LogP contribution in [-0.2, 0) is 13.1 Å². The molecule has 3 aromatic rings. The lowest BCUT2D eigenvalue weighted by Crippen LogP contribution is -2.45. The molecule has 0 unspecified atom stereocenters. The average Bonchev–Trinajstić information content (AvgIpc) is 2.79. The van der Waals surface area contributed by atoms with Gasteiger partial charge in [0.25, 0.3) is 5.56 Å². The second-order valence-corrected chi connectivity index (χ2v) is 9.24. The van der Waals surface area contributed by atoms with Crippen LogP contribution in [0.15, 0.2) is 47.3 Å². The van der Waals surface area contributed by atoms with Crippen LogP contribution in [0.3, 0.4) is 0 Å². The highest BCUT2D eigenvalue weighted by atomic mass is 16.2. The summed E-state index contributed by atoms with van der Waals surface area (Å²) < 4.78 is 0. The van der Waals surface area contributed by atoms with Crippen LogP contribution >= 0.6 is 0 Å². The molecule has 1 aliphatic rings. The van der Waals surface area contributed by atoms with Crippen molar-refractivity contribution in [1.82, 2.24) is 15.2 Å². The number of carbonyl (C=O) groups is 1. The largest absolute Gasteiger partial charge is 0.335 e. The summed E-state index contributed by atoms with van der Waals surface area (Å²) in [7, 11) is 0. The number of urea groups is 1. The van der Waals surface area contributed by atoms with Crippen LogP contribution < -0.4 is 10.9 Å². The van der Waals surface area contributed by atoms with Gasteiger partial charge in [0, 0.05) is 23.5 Å². The van der Waals surface area contributed by atoms with Crippen molar-refractivity contribution in [3.05, 3.63) is 80.6 Å². The maximum Gasteiger partial charge on any atom is 0.318 e. The lowest BCUT2D eigenvalue weighted by Gasteiger charge is -2.28. The summed E-state index contributed by atoms with van der Waals surface area (Å²) in [6.07, 6.45) is 5.61. The standard InChI is InChI=1S/C27H33N3O2/c1-18-9-13-21(14-10-18)16-30(27(32)28-23-7-5-4-6-8-23)17-22-15-24-19(2)11-12-20(3)25(24)29-26(22)31/h9-15,23H,4-8,16-17H2,1-3H3,(H,28,32)(H,29,31). The molecule has 2 amide bonds. The molecule has 32 heavy (non-hydrogen) atoms. The first kappa shape index (κ1) is 22.1. The van der Waals surface area contributed by atoms with Gasteiger partial charge >= 0.3 is 6.03 Å². The van der Waals surface area contributed by atoms with Gasteiger partial charge in [-0.25, -0.2) is 4.79 Å². The van der Waals surface area contributed by atoms with Gasteiger partial charge in [0.1, 0.15) is 0 Å². The maximum absolute atomic E-state index is 13.3. The van der Waals surface area contributed by atoms with Gasteiger partial charge in [0.15, 0.2) is 0 Å². The highest BCUT2D eigenvalue weighted by Crippen LogP contribution is 2.21. The van der Waals surface area contributed by atoms with E-state index in [2.05, 4.69) is 35.4 Å². The highest BCUT2D eigenvalue weighted by Gasteiger charge is 2.21. The topological polar surface area (TPSA) is 65.2 Å². The Bertz CT molecular complexity index is 1160. The summed E-state index contributed by atoms with van der Waals surface area (Å²) in [6, 6.07) is 14.4. The number of aryl methyl sites for hydroxylation is 3. The summed E-state index contributed by atoms with van der Waals surface area (Å²) in [5.41, 5.74) is 5.74. The average molecular weight is 432 g/mol. The molecular weight excluding hydrogens is 398 g/mol. The van der Waals surface area contributed by atoms with Gasteiger partial charge in [0.05, 0.1) is 12.1 Å². The van der Waals surface area contributed by atoms with E-state index in [1.807, 2.05) is 38.1 Å². The third-order valence-corrected chi connectivity index (χ3v) is 6.60. The Hall–Kier alpha value is -3.08. The third kappa shape index (κ3) is 5.04. The fourth-order valence-corrected chi connectivity index (χ4v) is 4.57. The molecule has 0 spiro atoms. The monoisotopic (exact) mass is 431 g/mol. The highest BCUT2D eigenvalue weighted by molar-refractivity contribution is 5.85. The SMILES string of the molecule is Cc1ccc(CN(Cc2cc3c(C)ccc(C)c3[nH]c2=O)C(=O)NC2CCCCC2)cc1. The number of pyridine rings is 1. The number of H-pyrrole nitrogens is 1. The first-order valence-electron chi connectivity index (χ1n) is 11.6. The third-order valence-electron chi connectivity index (χ3n) is 6.60. The lowest BCUT2D eigenvalue weighted by atomic mass is 9.96. The molecule has 1 fully saturated rings. The van der Waals surface area contributed by atoms with Crippen molar-refractivity contribution in [1.29, 1.82) is 0 Å². The van der Waals surface area contributed by atoms with Crippen molar-refractivity contribution < 1.29 is 4.79 Å². The van der Waals surface area contributed by atoms with E-state index in [1.165, 1.54) is 12.0 Å². The van der Waals surface area contributed by atoms with Gasteiger partial charge in [-0.15, -0.1) is 0 Å². The number of hydrogen-bond donors (Lipinski definition) is 2. The molecular formula is C27H33N3O2. The molecule has 168 valence electrons. The van der Waals surface area contributed by atoms with Crippen LogP contribution in [0.1, 0.15) is 59.9 Å². The Labute approximate surface area is 189 Å². The number of aromatic nitrogens is 1. The summed E-state index contributed by atoms with van der Waals surface area (Å²) in [4.78, 5) is 31.0. The predicted molar refractivity (Wildman–Crippen MR) is 130 cm³/mol. The van der Waals surface area contributed by atoms with E-state index in [9.17, 15) is 9.59 Å².